The van der Waals surface area contributed by atoms with Crippen molar-refractivity contribution in [2.24, 2.45) is 0 Å². The Morgan fingerprint density at radius 1 is 0.871 bits per heavy atom. The van der Waals surface area contributed by atoms with Crippen LogP contribution in [-0.2, 0) is 10.0 Å². The summed E-state index contributed by atoms with van der Waals surface area (Å²) in [7, 11) is -0.901. The Morgan fingerprint density at radius 3 is 2.19 bits per heavy atom. The zero-order valence-electron chi connectivity index (χ0n) is 17.7. The number of hydrogen-bond donors (Lipinski definition) is 2. The van der Waals surface area contributed by atoms with Crippen molar-refractivity contribution in [2.45, 2.75) is 18.7 Å². The van der Waals surface area contributed by atoms with E-state index in [2.05, 4.69) is 10.0 Å². The van der Waals surface area contributed by atoms with Gasteiger partial charge in [0.25, 0.3) is 15.9 Å². The molecule has 0 heterocycles. The van der Waals surface area contributed by atoms with E-state index in [1.54, 1.807) is 36.4 Å². The van der Waals surface area contributed by atoms with Crippen molar-refractivity contribution in [2.75, 3.05) is 24.3 Å². The van der Waals surface area contributed by atoms with E-state index in [4.69, 9.17) is 9.47 Å². The molecule has 8 heteroatoms. The van der Waals surface area contributed by atoms with E-state index in [1.807, 2.05) is 26.0 Å². The van der Waals surface area contributed by atoms with Gasteiger partial charge in [-0.3, -0.25) is 9.52 Å². The van der Waals surface area contributed by atoms with Crippen molar-refractivity contribution in [3.63, 3.8) is 0 Å². The number of nitrogens with one attached hydrogen (secondary N) is 2. The van der Waals surface area contributed by atoms with Gasteiger partial charge < -0.3 is 14.8 Å². The number of anilines is 2. The van der Waals surface area contributed by atoms with E-state index in [0.717, 1.165) is 11.1 Å². The summed E-state index contributed by atoms with van der Waals surface area (Å²) < 4.78 is 38.4. The minimum Gasteiger partial charge on any atom is -0.497 e. The van der Waals surface area contributed by atoms with Gasteiger partial charge in [-0.1, -0.05) is 17.7 Å². The Labute approximate surface area is 182 Å². The number of benzene rings is 3. The van der Waals surface area contributed by atoms with E-state index < -0.39 is 10.0 Å². The normalized spacial score (nSPS) is 11.0. The molecule has 0 radical (unpaired) electrons. The van der Waals surface area contributed by atoms with Gasteiger partial charge in [0.2, 0.25) is 0 Å². The van der Waals surface area contributed by atoms with Crippen LogP contribution in [0.5, 0.6) is 11.5 Å². The molecule has 3 aromatic carbocycles. The summed E-state index contributed by atoms with van der Waals surface area (Å²) in [6.07, 6.45) is 0. The van der Waals surface area contributed by atoms with Gasteiger partial charge in [0, 0.05) is 17.3 Å². The predicted octanol–water partition coefficient (Wildman–Crippen LogP) is 4.37. The first kappa shape index (κ1) is 22.2. The van der Waals surface area contributed by atoms with Gasteiger partial charge in [0.05, 0.1) is 24.8 Å². The molecule has 7 nitrogen and oxygen atoms in total. The molecule has 0 atom stereocenters. The van der Waals surface area contributed by atoms with Gasteiger partial charge in [-0.05, 0) is 61.9 Å². The summed E-state index contributed by atoms with van der Waals surface area (Å²) in [5.74, 6) is 0.623. The first-order valence-corrected chi connectivity index (χ1v) is 11.0. The minimum absolute atomic E-state index is 0.0508. The Kier molecular flexibility index (Phi) is 6.50. The molecule has 3 aromatic rings. The van der Waals surface area contributed by atoms with Crippen molar-refractivity contribution in [1.82, 2.24) is 0 Å². The van der Waals surface area contributed by atoms with Crippen LogP contribution in [0.4, 0.5) is 11.4 Å². The largest absolute Gasteiger partial charge is 0.497 e. The SMILES string of the molecule is COc1ccc(NS(=O)(=O)c2ccc(NC(=O)c3ccc(C)cc3C)cc2)c(OC)c1. The second-order valence-electron chi connectivity index (χ2n) is 6.97. The number of hydrogen-bond acceptors (Lipinski definition) is 5. The third-order valence-electron chi connectivity index (χ3n) is 4.70. The molecule has 0 spiro atoms. The maximum atomic E-state index is 12.8. The van der Waals surface area contributed by atoms with E-state index in [1.165, 1.54) is 26.4 Å². The molecule has 0 aliphatic heterocycles. The van der Waals surface area contributed by atoms with Gasteiger partial charge >= 0.3 is 0 Å². The summed E-state index contributed by atoms with van der Waals surface area (Å²) in [4.78, 5) is 12.6. The van der Waals surface area contributed by atoms with Crippen LogP contribution < -0.4 is 19.5 Å². The van der Waals surface area contributed by atoms with Crippen LogP contribution in [-0.4, -0.2) is 28.5 Å². The van der Waals surface area contributed by atoms with Gasteiger partial charge in [-0.2, -0.15) is 0 Å². The zero-order valence-corrected chi connectivity index (χ0v) is 18.5. The van der Waals surface area contributed by atoms with Gasteiger partial charge in [0.1, 0.15) is 11.5 Å². The van der Waals surface area contributed by atoms with Crippen molar-refractivity contribution in [3.05, 3.63) is 77.4 Å². The highest BCUT2D eigenvalue weighted by molar-refractivity contribution is 7.92. The quantitative estimate of drug-likeness (QED) is 0.569. The fourth-order valence-electron chi connectivity index (χ4n) is 3.07. The smallest absolute Gasteiger partial charge is 0.262 e. The lowest BCUT2D eigenvalue weighted by atomic mass is 10.1. The molecule has 0 aromatic heterocycles. The average Bonchev–Trinajstić information content (AvgIpc) is 2.74. The summed E-state index contributed by atoms with van der Waals surface area (Å²) in [6.45, 7) is 3.83. The number of carbonyl (C=O) groups excluding carboxylic acids is 1. The van der Waals surface area contributed by atoms with E-state index >= 15 is 0 Å². The maximum Gasteiger partial charge on any atom is 0.262 e. The first-order valence-electron chi connectivity index (χ1n) is 9.47. The number of amides is 1. The van der Waals surface area contributed by atoms with Gasteiger partial charge in [0.15, 0.2) is 0 Å². The Balaban J connectivity index is 1.76. The summed E-state index contributed by atoms with van der Waals surface area (Å²) in [5.41, 5.74) is 3.29. The van der Waals surface area contributed by atoms with E-state index in [0.29, 0.717) is 22.7 Å². The Bertz CT molecular complexity index is 1210. The highest BCUT2D eigenvalue weighted by Gasteiger charge is 2.17. The van der Waals surface area contributed by atoms with Crippen LogP contribution >= 0.6 is 0 Å². The van der Waals surface area contributed by atoms with Crippen LogP contribution in [0.1, 0.15) is 21.5 Å². The van der Waals surface area contributed by atoms with Crippen LogP contribution in [0.3, 0.4) is 0 Å². The van der Waals surface area contributed by atoms with Crippen molar-refractivity contribution in [1.29, 1.82) is 0 Å². The Morgan fingerprint density at radius 2 is 1.58 bits per heavy atom. The molecule has 0 bridgehead atoms. The number of sulfonamides is 1. The van der Waals surface area contributed by atoms with Crippen molar-refractivity contribution in [3.8, 4) is 11.5 Å². The fraction of sp³-hybridized carbons (Fsp3) is 0.174. The third-order valence-corrected chi connectivity index (χ3v) is 6.08. The second-order valence-corrected chi connectivity index (χ2v) is 8.65. The Hall–Kier alpha value is -3.52. The van der Waals surface area contributed by atoms with Crippen molar-refractivity contribution < 1.29 is 22.7 Å². The molecule has 0 unspecified atom stereocenters. The van der Waals surface area contributed by atoms with Gasteiger partial charge in [-0.25, -0.2) is 8.42 Å². The maximum absolute atomic E-state index is 12.8. The molecule has 31 heavy (non-hydrogen) atoms. The molecule has 0 aliphatic rings. The molecule has 0 fully saturated rings. The summed E-state index contributed by atoms with van der Waals surface area (Å²) >= 11 is 0. The lowest BCUT2D eigenvalue weighted by Gasteiger charge is -2.13. The first-order chi connectivity index (χ1) is 14.7. The number of carbonyl (C=O) groups is 1. The van der Waals surface area contributed by atoms with E-state index in [-0.39, 0.29) is 16.5 Å². The highest BCUT2D eigenvalue weighted by atomic mass is 32.2. The average molecular weight is 441 g/mol. The van der Waals surface area contributed by atoms with Gasteiger partial charge in [-0.15, -0.1) is 0 Å². The fourth-order valence-corrected chi connectivity index (χ4v) is 4.14. The zero-order chi connectivity index (χ0) is 22.6. The minimum atomic E-state index is -3.86. The lowest BCUT2D eigenvalue weighted by Crippen LogP contribution is -2.15. The lowest BCUT2D eigenvalue weighted by molar-refractivity contribution is 0.102. The predicted molar refractivity (Wildman–Crippen MR) is 121 cm³/mol. The molecule has 2 N–H and O–H groups in total. The third kappa shape index (κ3) is 5.16. The molecule has 0 saturated carbocycles. The monoisotopic (exact) mass is 440 g/mol. The van der Waals surface area contributed by atoms with E-state index in [9.17, 15) is 13.2 Å². The van der Waals surface area contributed by atoms with Crippen LogP contribution in [0.2, 0.25) is 0 Å². The number of rotatable bonds is 7. The molecule has 0 aliphatic carbocycles. The molecule has 1 amide bonds. The van der Waals surface area contributed by atoms with Crippen LogP contribution in [0.15, 0.2) is 65.6 Å². The summed E-state index contributed by atoms with van der Waals surface area (Å²) in [6, 6.07) is 16.3. The van der Waals surface area contributed by atoms with Crippen LogP contribution in [0, 0.1) is 13.8 Å². The number of aryl methyl sites for hydroxylation is 2. The number of methoxy groups -OCH3 is 2. The standard InChI is InChI=1S/C23H24N2O5S/c1-15-5-11-20(16(2)13-15)23(26)24-17-6-9-19(10-7-17)31(27,28)25-21-12-8-18(29-3)14-22(21)30-4/h5-14,25H,1-4H3,(H,24,26). The molecular weight excluding hydrogens is 416 g/mol. The topological polar surface area (TPSA) is 93.7 Å². The molecule has 3 rings (SSSR count). The highest BCUT2D eigenvalue weighted by Crippen LogP contribution is 2.31. The van der Waals surface area contributed by atoms with Crippen LogP contribution in [0.25, 0.3) is 0 Å². The summed E-state index contributed by atoms with van der Waals surface area (Å²) in [5, 5.41) is 2.79. The number of ether oxygens (including phenoxy) is 2. The molecule has 0 saturated heterocycles. The van der Waals surface area contributed by atoms with Crippen molar-refractivity contribution >= 4 is 27.3 Å². The molecular formula is C23H24N2O5S. The molecule has 162 valence electrons. The second kappa shape index (κ2) is 9.09.